The van der Waals surface area contributed by atoms with Crippen molar-refractivity contribution in [3.05, 3.63) is 28.3 Å². The molecule has 1 fully saturated rings. The van der Waals surface area contributed by atoms with Crippen molar-refractivity contribution in [2.45, 2.75) is 30.4 Å². The highest BCUT2D eigenvalue weighted by atomic mass is 32.2. The number of anilines is 1. The summed E-state index contributed by atoms with van der Waals surface area (Å²) in [4.78, 5) is 9.80. The van der Waals surface area contributed by atoms with Crippen molar-refractivity contribution in [1.82, 2.24) is 4.72 Å². The number of nitrogens with zero attached hydrogens (tertiary/aromatic N) is 1. The maximum absolute atomic E-state index is 12.3. The van der Waals surface area contributed by atoms with E-state index in [0.29, 0.717) is 13.0 Å². The molecule has 1 aromatic carbocycles. The number of sulfonamides is 1. The fourth-order valence-corrected chi connectivity index (χ4v) is 3.54. The van der Waals surface area contributed by atoms with E-state index in [1.54, 1.807) is 6.92 Å². The van der Waals surface area contributed by atoms with Gasteiger partial charge in [0, 0.05) is 18.4 Å². The van der Waals surface area contributed by atoms with Crippen LogP contribution in [0.1, 0.15) is 13.3 Å². The van der Waals surface area contributed by atoms with Crippen LogP contribution in [-0.2, 0) is 14.8 Å². The van der Waals surface area contributed by atoms with Crippen LogP contribution in [0.25, 0.3) is 0 Å². The van der Waals surface area contributed by atoms with E-state index in [2.05, 4.69) is 4.72 Å². The van der Waals surface area contributed by atoms with Crippen LogP contribution in [0, 0.1) is 10.1 Å². The van der Waals surface area contributed by atoms with Gasteiger partial charge in [-0.3, -0.25) is 10.1 Å². The van der Waals surface area contributed by atoms with Gasteiger partial charge in [-0.15, -0.1) is 0 Å². The molecule has 8 nitrogen and oxygen atoms in total. The molecule has 1 aromatic rings. The lowest BCUT2D eigenvalue weighted by Gasteiger charge is -2.16. The van der Waals surface area contributed by atoms with Crippen molar-refractivity contribution < 1.29 is 18.1 Å². The van der Waals surface area contributed by atoms with Crippen LogP contribution in [0.2, 0.25) is 0 Å². The molecule has 0 aliphatic carbocycles. The second-order valence-electron chi connectivity index (χ2n) is 4.58. The van der Waals surface area contributed by atoms with Crippen LogP contribution in [0.4, 0.5) is 11.4 Å². The Hall–Kier alpha value is -1.71. The zero-order chi connectivity index (χ0) is 14.9. The maximum Gasteiger partial charge on any atom is 0.291 e. The van der Waals surface area contributed by atoms with Gasteiger partial charge in [0.1, 0.15) is 0 Å². The molecule has 0 spiro atoms. The van der Waals surface area contributed by atoms with Gasteiger partial charge in [0.15, 0.2) is 4.90 Å². The van der Waals surface area contributed by atoms with E-state index in [-0.39, 0.29) is 11.8 Å². The molecule has 0 radical (unpaired) electrons. The van der Waals surface area contributed by atoms with Gasteiger partial charge in [-0.1, -0.05) is 0 Å². The molecule has 1 aliphatic rings. The number of hydrogen-bond acceptors (Lipinski definition) is 6. The Balaban J connectivity index is 2.36. The lowest BCUT2D eigenvalue weighted by atomic mass is 10.2. The molecule has 9 heteroatoms. The zero-order valence-electron chi connectivity index (χ0n) is 10.8. The van der Waals surface area contributed by atoms with E-state index in [4.69, 9.17) is 10.5 Å². The second-order valence-corrected chi connectivity index (χ2v) is 6.26. The van der Waals surface area contributed by atoms with Crippen LogP contribution in [0.15, 0.2) is 23.1 Å². The summed E-state index contributed by atoms with van der Waals surface area (Å²) >= 11 is 0. The van der Waals surface area contributed by atoms with Gasteiger partial charge in [0.05, 0.1) is 17.1 Å². The Morgan fingerprint density at radius 2 is 2.20 bits per heavy atom. The third-order valence-corrected chi connectivity index (χ3v) is 4.69. The van der Waals surface area contributed by atoms with Crippen molar-refractivity contribution in [2.24, 2.45) is 0 Å². The Morgan fingerprint density at radius 3 is 2.75 bits per heavy atom. The van der Waals surface area contributed by atoms with E-state index in [1.165, 1.54) is 6.07 Å². The first-order valence-electron chi connectivity index (χ1n) is 5.99. The number of nitro benzene ring substituents is 1. The molecular weight excluding hydrogens is 286 g/mol. The Kier molecular flexibility index (Phi) is 3.93. The molecule has 0 bridgehead atoms. The van der Waals surface area contributed by atoms with Crippen molar-refractivity contribution >= 4 is 21.4 Å². The number of rotatable bonds is 4. The van der Waals surface area contributed by atoms with Crippen LogP contribution in [0.3, 0.4) is 0 Å². The predicted octanol–water partition coefficient (Wildman–Crippen LogP) is 0.633. The first kappa shape index (κ1) is 14.7. The number of nitrogen functional groups attached to an aromatic ring is 1. The summed E-state index contributed by atoms with van der Waals surface area (Å²) in [7, 11) is -4.00. The molecule has 2 rings (SSSR count). The minimum Gasteiger partial charge on any atom is -0.399 e. The molecule has 0 saturated carbocycles. The summed E-state index contributed by atoms with van der Waals surface area (Å²) in [6.45, 7) is 2.20. The summed E-state index contributed by atoms with van der Waals surface area (Å²) < 4.78 is 32.2. The standard InChI is InChI=1S/C11H15N3O5S/c1-7-9(4-5-19-7)13-20(17,18)11-3-2-8(12)6-10(11)14(15)16/h2-3,6-7,9,13H,4-5,12H2,1H3. The normalized spacial score (nSPS) is 22.9. The Morgan fingerprint density at radius 1 is 1.50 bits per heavy atom. The topological polar surface area (TPSA) is 125 Å². The first-order chi connectivity index (χ1) is 9.31. The average Bonchev–Trinajstić information content (AvgIpc) is 2.74. The summed E-state index contributed by atoms with van der Waals surface area (Å²) in [5.74, 6) is 0. The van der Waals surface area contributed by atoms with Crippen LogP contribution >= 0.6 is 0 Å². The van der Waals surface area contributed by atoms with Gasteiger partial charge < -0.3 is 10.5 Å². The second kappa shape index (κ2) is 5.35. The van der Waals surface area contributed by atoms with E-state index < -0.39 is 31.6 Å². The largest absolute Gasteiger partial charge is 0.399 e. The number of benzene rings is 1. The summed E-state index contributed by atoms with van der Waals surface area (Å²) in [5.41, 5.74) is 5.05. The molecule has 2 atom stereocenters. The molecule has 1 saturated heterocycles. The molecule has 0 aromatic heterocycles. The molecule has 3 N–H and O–H groups in total. The molecule has 0 amide bonds. The minimum absolute atomic E-state index is 0.133. The average molecular weight is 301 g/mol. The van der Waals surface area contributed by atoms with E-state index in [1.807, 2.05) is 0 Å². The third kappa shape index (κ3) is 2.89. The fraction of sp³-hybridized carbons (Fsp3) is 0.455. The maximum atomic E-state index is 12.3. The molecule has 1 aliphatic heterocycles. The summed E-state index contributed by atoms with van der Waals surface area (Å²) in [6, 6.07) is 3.09. The van der Waals surface area contributed by atoms with Crippen LogP contribution in [0.5, 0.6) is 0 Å². The third-order valence-electron chi connectivity index (χ3n) is 3.15. The smallest absolute Gasteiger partial charge is 0.291 e. The van der Waals surface area contributed by atoms with Crippen LogP contribution in [-0.4, -0.2) is 32.1 Å². The quantitative estimate of drug-likeness (QED) is 0.477. The molecule has 20 heavy (non-hydrogen) atoms. The molecule has 1 heterocycles. The van der Waals surface area contributed by atoms with Crippen LogP contribution < -0.4 is 10.5 Å². The van der Waals surface area contributed by atoms with Gasteiger partial charge in [0.25, 0.3) is 5.69 Å². The molecule has 110 valence electrons. The number of ether oxygens (including phenoxy) is 1. The summed E-state index contributed by atoms with van der Waals surface area (Å²) in [6.07, 6.45) is 0.265. The fourth-order valence-electron chi connectivity index (χ4n) is 2.05. The van der Waals surface area contributed by atoms with E-state index >= 15 is 0 Å². The number of nitrogens with one attached hydrogen (secondary N) is 1. The van der Waals surface area contributed by atoms with E-state index in [0.717, 1.165) is 12.1 Å². The monoisotopic (exact) mass is 301 g/mol. The SMILES string of the molecule is CC1OCCC1NS(=O)(=O)c1ccc(N)cc1[N+](=O)[O-]. The number of hydrogen-bond donors (Lipinski definition) is 2. The van der Waals surface area contributed by atoms with Gasteiger partial charge in [-0.2, -0.15) is 0 Å². The highest BCUT2D eigenvalue weighted by Crippen LogP contribution is 2.27. The number of nitro groups is 1. The first-order valence-corrected chi connectivity index (χ1v) is 7.47. The van der Waals surface area contributed by atoms with Crippen molar-refractivity contribution in [2.75, 3.05) is 12.3 Å². The highest BCUT2D eigenvalue weighted by Gasteiger charge is 2.32. The van der Waals surface area contributed by atoms with Gasteiger partial charge in [-0.25, -0.2) is 13.1 Å². The van der Waals surface area contributed by atoms with Gasteiger partial charge in [0.2, 0.25) is 10.0 Å². The van der Waals surface area contributed by atoms with Crippen molar-refractivity contribution in [1.29, 1.82) is 0 Å². The molecule has 2 unspecified atom stereocenters. The van der Waals surface area contributed by atoms with Gasteiger partial charge >= 0.3 is 0 Å². The minimum atomic E-state index is -4.00. The molecular formula is C11H15N3O5S. The highest BCUT2D eigenvalue weighted by molar-refractivity contribution is 7.89. The Labute approximate surface area is 116 Å². The number of nitrogens with two attached hydrogens (primary N) is 1. The van der Waals surface area contributed by atoms with Crippen molar-refractivity contribution in [3.63, 3.8) is 0 Å². The lowest BCUT2D eigenvalue weighted by molar-refractivity contribution is -0.387. The Bertz CT molecular complexity index is 631. The van der Waals surface area contributed by atoms with Gasteiger partial charge in [-0.05, 0) is 25.5 Å². The predicted molar refractivity (Wildman–Crippen MR) is 71.6 cm³/mol. The van der Waals surface area contributed by atoms with Crippen molar-refractivity contribution in [3.8, 4) is 0 Å². The van der Waals surface area contributed by atoms with E-state index in [9.17, 15) is 18.5 Å². The lowest BCUT2D eigenvalue weighted by Crippen LogP contribution is -2.39. The summed E-state index contributed by atoms with van der Waals surface area (Å²) in [5, 5.41) is 11.0. The zero-order valence-corrected chi connectivity index (χ0v) is 11.6.